The van der Waals surface area contributed by atoms with Crippen LogP contribution in [0.25, 0.3) is 0 Å². The summed E-state index contributed by atoms with van der Waals surface area (Å²) in [5, 5.41) is 14.2. The number of hydrogen-bond acceptors (Lipinski definition) is 7. The first-order valence-electron chi connectivity index (χ1n) is 8.01. The van der Waals surface area contributed by atoms with Crippen molar-refractivity contribution < 1.29 is 14.3 Å². The summed E-state index contributed by atoms with van der Waals surface area (Å²) in [5.74, 6) is 0.0874. The van der Waals surface area contributed by atoms with E-state index in [1.807, 2.05) is 0 Å². The highest BCUT2D eigenvalue weighted by Crippen LogP contribution is 2.27. The third kappa shape index (κ3) is 5.44. The SMILES string of the molecule is COc1ccccc1C(=O)Nc1nnc(SCC(=O)Nc2cccc(Cl)c2)s1. The van der Waals surface area contributed by atoms with Crippen LogP contribution in [0.3, 0.4) is 0 Å². The number of thioether (sulfide) groups is 1. The largest absolute Gasteiger partial charge is 0.496 e. The third-order valence-electron chi connectivity index (χ3n) is 3.41. The average molecular weight is 435 g/mol. The average Bonchev–Trinajstić information content (AvgIpc) is 3.13. The summed E-state index contributed by atoms with van der Waals surface area (Å²) in [7, 11) is 1.50. The van der Waals surface area contributed by atoms with E-state index < -0.39 is 0 Å². The standard InChI is InChI=1S/C18H15ClN4O3S2/c1-26-14-8-3-2-7-13(14)16(25)21-17-22-23-18(28-17)27-10-15(24)20-12-6-4-5-11(19)9-12/h2-9H,10H2,1H3,(H,20,24)(H,21,22,25). The van der Waals surface area contributed by atoms with Crippen LogP contribution in [0.1, 0.15) is 10.4 Å². The van der Waals surface area contributed by atoms with Crippen LogP contribution in [-0.4, -0.2) is 34.9 Å². The van der Waals surface area contributed by atoms with E-state index in [-0.39, 0.29) is 17.6 Å². The molecule has 0 aliphatic heterocycles. The molecule has 7 nitrogen and oxygen atoms in total. The van der Waals surface area contributed by atoms with E-state index in [9.17, 15) is 9.59 Å². The Kier molecular flexibility index (Phi) is 6.85. The van der Waals surface area contributed by atoms with Gasteiger partial charge in [-0.25, -0.2) is 0 Å². The Bertz CT molecular complexity index is 996. The molecular formula is C18H15ClN4O3S2. The number of anilines is 2. The minimum Gasteiger partial charge on any atom is -0.496 e. The molecule has 10 heteroatoms. The number of aromatic nitrogens is 2. The minimum atomic E-state index is -0.344. The van der Waals surface area contributed by atoms with Gasteiger partial charge in [0.25, 0.3) is 5.91 Å². The second-order valence-corrected chi connectivity index (χ2v) is 8.01. The van der Waals surface area contributed by atoms with E-state index in [2.05, 4.69) is 20.8 Å². The molecular weight excluding hydrogens is 420 g/mol. The number of hydrogen-bond donors (Lipinski definition) is 2. The third-order valence-corrected chi connectivity index (χ3v) is 5.62. The quantitative estimate of drug-likeness (QED) is 0.428. The van der Waals surface area contributed by atoms with Crippen LogP contribution < -0.4 is 15.4 Å². The number of ether oxygens (including phenoxy) is 1. The lowest BCUT2D eigenvalue weighted by atomic mass is 10.2. The van der Waals surface area contributed by atoms with Gasteiger partial charge in [-0.3, -0.25) is 14.9 Å². The van der Waals surface area contributed by atoms with Gasteiger partial charge in [-0.05, 0) is 30.3 Å². The lowest BCUT2D eigenvalue weighted by Crippen LogP contribution is -2.13. The zero-order valence-corrected chi connectivity index (χ0v) is 17.0. The Morgan fingerprint density at radius 3 is 2.75 bits per heavy atom. The number of amides is 2. The second-order valence-electron chi connectivity index (χ2n) is 5.37. The van der Waals surface area contributed by atoms with Gasteiger partial charge in [-0.2, -0.15) is 0 Å². The molecule has 1 aromatic heterocycles. The molecule has 3 aromatic rings. The highest BCUT2D eigenvalue weighted by Gasteiger charge is 2.15. The van der Waals surface area contributed by atoms with Crippen molar-refractivity contribution in [3.63, 3.8) is 0 Å². The van der Waals surface area contributed by atoms with Crippen molar-refractivity contribution in [3.8, 4) is 5.75 Å². The van der Waals surface area contributed by atoms with Crippen molar-refractivity contribution in [3.05, 3.63) is 59.1 Å². The summed E-state index contributed by atoms with van der Waals surface area (Å²) in [6.45, 7) is 0. The molecule has 28 heavy (non-hydrogen) atoms. The Balaban J connectivity index is 1.54. The number of nitrogens with one attached hydrogen (secondary N) is 2. The molecule has 1 heterocycles. The Labute approximate surface area is 174 Å². The van der Waals surface area contributed by atoms with Gasteiger partial charge in [-0.1, -0.05) is 52.9 Å². The van der Waals surface area contributed by atoms with Crippen molar-refractivity contribution in [2.24, 2.45) is 0 Å². The van der Waals surface area contributed by atoms with Crippen molar-refractivity contribution in [2.75, 3.05) is 23.5 Å². The normalized spacial score (nSPS) is 10.4. The summed E-state index contributed by atoms with van der Waals surface area (Å²) in [6, 6.07) is 13.8. The van der Waals surface area contributed by atoms with Crippen LogP contribution in [0.5, 0.6) is 5.75 Å². The van der Waals surface area contributed by atoms with E-state index in [0.717, 1.165) is 0 Å². The zero-order valence-electron chi connectivity index (χ0n) is 14.6. The van der Waals surface area contributed by atoms with Gasteiger partial charge in [0.05, 0.1) is 18.4 Å². The molecule has 0 aliphatic rings. The van der Waals surface area contributed by atoms with Crippen LogP contribution >= 0.6 is 34.7 Å². The van der Waals surface area contributed by atoms with Crippen LogP contribution in [0.15, 0.2) is 52.9 Å². The monoisotopic (exact) mass is 434 g/mol. The fourth-order valence-corrected chi connectivity index (χ4v) is 3.94. The van der Waals surface area contributed by atoms with Crippen LogP contribution in [-0.2, 0) is 4.79 Å². The Morgan fingerprint density at radius 2 is 1.96 bits per heavy atom. The maximum absolute atomic E-state index is 12.4. The fraction of sp³-hybridized carbons (Fsp3) is 0.111. The number of carbonyl (C=O) groups is 2. The number of rotatable bonds is 7. The van der Waals surface area contributed by atoms with Gasteiger partial charge in [-0.15, -0.1) is 10.2 Å². The van der Waals surface area contributed by atoms with Gasteiger partial charge in [0, 0.05) is 10.7 Å². The topological polar surface area (TPSA) is 93.2 Å². The summed E-state index contributed by atoms with van der Waals surface area (Å²) in [4.78, 5) is 24.4. The lowest BCUT2D eigenvalue weighted by molar-refractivity contribution is -0.113. The number of halogens is 1. The van der Waals surface area contributed by atoms with E-state index in [1.165, 1.54) is 30.2 Å². The molecule has 0 bridgehead atoms. The Morgan fingerprint density at radius 1 is 1.14 bits per heavy atom. The molecule has 2 amide bonds. The second kappa shape index (κ2) is 9.54. The zero-order chi connectivity index (χ0) is 19.9. The number of benzene rings is 2. The number of para-hydroxylation sites is 1. The summed E-state index contributed by atoms with van der Waals surface area (Å²) >= 11 is 8.31. The molecule has 2 N–H and O–H groups in total. The van der Waals surface area contributed by atoms with Crippen LogP contribution in [0.4, 0.5) is 10.8 Å². The van der Waals surface area contributed by atoms with E-state index in [4.69, 9.17) is 16.3 Å². The molecule has 2 aromatic carbocycles. The molecule has 0 spiro atoms. The predicted molar refractivity (Wildman–Crippen MR) is 112 cm³/mol. The van der Waals surface area contributed by atoms with E-state index >= 15 is 0 Å². The summed E-state index contributed by atoms with van der Waals surface area (Å²) < 4.78 is 5.75. The molecule has 0 unspecified atom stereocenters. The molecule has 0 fully saturated rings. The molecule has 0 saturated heterocycles. The summed E-state index contributed by atoms with van der Waals surface area (Å²) in [5.41, 5.74) is 1.02. The molecule has 0 radical (unpaired) electrons. The number of carbonyl (C=O) groups excluding carboxylic acids is 2. The first kappa shape index (κ1) is 20.1. The highest BCUT2D eigenvalue weighted by atomic mass is 35.5. The number of nitrogens with zero attached hydrogens (tertiary/aromatic N) is 2. The van der Waals surface area contributed by atoms with Gasteiger partial charge < -0.3 is 10.1 Å². The molecule has 0 saturated carbocycles. The van der Waals surface area contributed by atoms with Crippen molar-refractivity contribution in [1.29, 1.82) is 0 Å². The van der Waals surface area contributed by atoms with Crippen LogP contribution in [0, 0.1) is 0 Å². The molecule has 3 rings (SSSR count). The minimum absolute atomic E-state index is 0.154. The van der Waals surface area contributed by atoms with Gasteiger partial charge in [0.15, 0.2) is 4.34 Å². The van der Waals surface area contributed by atoms with Gasteiger partial charge in [0.1, 0.15) is 5.75 Å². The van der Waals surface area contributed by atoms with Crippen molar-refractivity contribution >= 4 is 57.3 Å². The smallest absolute Gasteiger partial charge is 0.261 e. The first-order chi connectivity index (χ1) is 13.5. The molecule has 0 aliphatic carbocycles. The van der Waals surface area contributed by atoms with Gasteiger partial charge >= 0.3 is 0 Å². The fourth-order valence-electron chi connectivity index (χ4n) is 2.21. The lowest BCUT2D eigenvalue weighted by Gasteiger charge is -2.06. The van der Waals surface area contributed by atoms with E-state index in [1.54, 1.807) is 48.5 Å². The Hall–Kier alpha value is -2.62. The first-order valence-corrected chi connectivity index (χ1v) is 10.2. The summed E-state index contributed by atoms with van der Waals surface area (Å²) in [6.07, 6.45) is 0. The predicted octanol–water partition coefficient (Wildman–Crippen LogP) is 4.18. The maximum Gasteiger partial charge on any atom is 0.261 e. The molecule has 144 valence electrons. The maximum atomic E-state index is 12.4. The van der Waals surface area contributed by atoms with Crippen molar-refractivity contribution in [1.82, 2.24) is 10.2 Å². The number of methoxy groups -OCH3 is 1. The molecule has 0 atom stereocenters. The highest BCUT2D eigenvalue weighted by molar-refractivity contribution is 8.01. The van der Waals surface area contributed by atoms with Crippen molar-refractivity contribution in [2.45, 2.75) is 4.34 Å². The van der Waals surface area contributed by atoms with Crippen LogP contribution in [0.2, 0.25) is 5.02 Å². The van der Waals surface area contributed by atoms with E-state index in [0.29, 0.717) is 31.5 Å². The van der Waals surface area contributed by atoms with Gasteiger partial charge in [0.2, 0.25) is 11.0 Å².